The van der Waals surface area contributed by atoms with Crippen LogP contribution in [0.4, 0.5) is 26.3 Å². The maximum atomic E-state index is 13.9. The van der Waals surface area contributed by atoms with E-state index >= 15 is 0 Å². The number of nitrogens with zero attached hydrogens (tertiary/aromatic N) is 2. The normalized spacial score (nSPS) is 13.0. The van der Waals surface area contributed by atoms with Crippen molar-refractivity contribution in [3.63, 3.8) is 0 Å². The molecule has 0 saturated carbocycles. The number of alkyl halides is 6. The number of ether oxygens (including phenoxy) is 1. The minimum atomic E-state index is -4.51. The molecule has 0 spiro atoms. The Bertz CT molecular complexity index is 1720. The van der Waals surface area contributed by atoms with Crippen LogP contribution in [0, 0.1) is 5.92 Å². The Morgan fingerprint density at radius 2 is 1.41 bits per heavy atom. The van der Waals surface area contributed by atoms with Gasteiger partial charge in [0.05, 0.1) is 22.2 Å². The molecule has 0 saturated heterocycles. The second kappa shape index (κ2) is 12.4. The number of aromatic nitrogens is 2. The standard InChI is InChI=1S/C35H32F6N2O/c1-22(2)18-24-8-12-26(13-9-24)23(3)33-42-31-19-29(44-21-25-10-14-28(15-11-25)34(36,37)38)16-17-32(31)43(33)20-27-6-4-5-7-30(27)35(39,40)41/h4-17,19,22-23H,18,20-21H2,1-3H3. The van der Waals surface area contributed by atoms with Crippen molar-refractivity contribution in [2.45, 2.75) is 58.6 Å². The molecule has 0 aliphatic heterocycles. The maximum Gasteiger partial charge on any atom is 0.416 e. The Kier molecular flexibility index (Phi) is 8.77. The third-order valence-corrected chi connectivity index (χ3v) is 7.60. The zero-order valence-corrected chi connectivity index (χ0v) is 24.5. The quantitative estimate of drug-likeness (QED) is 0.155. The highest BCUT2D eigenvalue weighted by Crippen LogP contribution is 2.35. The molecule has 230 valence electrons. The first-order valence-corrected chi connectivity index (χ1v) is 14.3. The van der Waals surface area contributed by atoms with Crippen LogP contribution >= 0.6 is 0 Å². The Morgan fingerprint density at radius 1 is 0.750 bits per heavy atom. The summed E-state index contributed by atoms with van der Waals surface area (Å²) in [4.78, 5) is 4.88. The molecule has 0 aliphatic carbocycles. The first kappa shape index (κ1) is 31.2. The number of benzene rings is 4. The molecular weight excluding hydrogens is 578 g/mol. The summed E-state index contributed by atoms with van der Waals surface area (Å²) in [5, 5.41) is 0. The summed E-state index contributed by atoms with van der Waals surface area (Å²) in [6.45, 7) is 6.28. The van der Waals surface area contributed by atoms with Crippen molar-refractivity contribution in [1.82, 2.24) is 9.55 Å². The number of rotatable bonds is 9. The van der Waals surface area contributed by atoms with Crippen LogP contribution in [-0.2, 0) is 31.9 Å². The van der Waals surface area contributed by atoms with E-state index in [0.717, 1.165) is 30.2 Å². The third-order valence-electron chi connectivity index (χ3n) is 7.60. The smallest absolute Gasteiger partial charge is 0.416 e. The predicted octanol–water partition coefficient (Wildman–Crippen LogP) is 10.1. The van der Waals surface area contributed by atoms with Crippen LogP contribution in [0.2, 0.25) is 0 Å². The van der Waals surface area contributed by atoms with Crippen molar-refractivity contribution in [3.05, 3.63) is 130 Å². The molecule has 0 N–H and O–H groups in total. The molecule has 9 heteroatoms. The molecule has 5 aromatic rings. The summed E-state index contributed by atoms with van der Waals surface area (Å²) in [5.74, 6) is 1.32. The Hall–Kier alpha value is -4.27. The van der Waals surface area contributed by atoms with Crippen molar-refractivity contribution in [3.8, 4) is 5.75 Å². The summed E-state index contributed by atoms with van der Waals surface area (Å²) >= 11 is 0. The molecule has 3 nitrogen and oxygen atoms in total. The highest BCUT2D eigenvalue weighted by molar-refractivity contribution is 5.78. The molecule has 1 heterocycles. The van der Waals surface area contributed by atoms with Crippen molar-refractivity contribution < 1.29 is 31.1 Å². The first-order chi connectivity index (χ1) is 20.8. The average molecular weight is 611 g/mol. The molecular formula is C35H32F6N2O. The van der Waals surface area contributed by atoms with E-state index in [1.54, 1.807) is 24.3 Å². The van der Waals surface area contributed by atoms with E-state index in [4.69, 9.17) is 9.72 Å². The molecule has 0 radical (unpaired) electrons. The third kappa shape index (κ3) is 7.09. The van der Waals surface area contributed by atoms with Crippen molar-refractivity contribution >= 4 is 11.0 Å². The fourth-order valence-corrected chi connectivity index (χ4v) is 5.34. The van der Waals surface area contributed by atoms with Gasteiger partial charge >= 0.3 is 12.4 Å². The summed E-state index contributed by atoms with van der Waals surface area (Å²) in [6.07, 6.45) is -7.99. The molecule has 44 heavy (non-hydrogen) atoms. The zero-order valence-electron chi connectivity index (χ0n) is 24.5. The van der Waals surface area contributed by atoms with E-state index in [2.05, 4.69) is 26.0 Å². The van der Waals surface area contributed by atoms with Gasteiger partial charge in [-0.1, -0.05) is 75.4 Å². The monoisotopic (exact) mass is 610 g/mol. The van der Waals surface area contributed by atoms with Gasteiger partial charge in [-0.25, -0.2) is 4.98 Å². The largest absolute Gasteiger partial charge is 0.489 e. The number of fused-ring (bicyclic) bond motifs is 1. The minimum Gasteiger partial charge on any atom is -0.489 e. The fraction of sp³-hybridized carbons (Fsp3) is 0.286. The molecule has 0 fully saturated rings. The highest BCUT2D eigenvalue weighted by Gasteiger charge is 2.33. The van der Waals surface area contributed by atoms with E-state index in [1.807, 2.05) is 23.6 Å². The molecule has 0 bridgehead atoms. The lowest BCUT2D eigenvalue weighted by Gasteiger charge is -2.18. The van der Waals surface area contributed by atoms with Crippen LogP contribution in [0.25, 0.3) is 11.0 Å². The number of hydrogen-bond acceptors (Lipinski definition) is 2. The zero-order chi connectivity index (χ0) is 31.6. The van der Waals surface area contributed by atoms with E-state index in [-0.39, 0.29) is 24.6 Å². The summed E-state index contributed by atoms with van der Waals surface area (Å²) in [6, 6.07) is 23.6. The van der Waals surface area contributed by atoms with Gasteiger partial charge in [0.25, 0.3) is 0 Å². The van der Waals surface area contributed by atoms with Crippen LogP contribution in [-0.4, -0.2) is 9.55 Å². The fourth-order valence-electron chi connectivity index (χ4n) is 5.34. The second-order valence-electron chi connectivity index (χ2n) is 11.4. The Balaban J connectivity index is 1.49. The molecule has 1 aromatic heterocycles. The van der Waals surface area contributed by atoms with Gasteiger partial charge in [-0.3, -0.25) is 0 Å². The van der Waals surface area contributed by atoms with E-state index < -0.39 is 23.5 Å². The van der Waals surface area contributed by atoms with Gasteiger partial charge < -0.3 is 9.30 Å². The molecule has 0 amide bonds. The average Bonchev–Trinajstić information content (AvgIpc) is 3.32. The Morgan fingerprint density at radius 3 is 2.05 bits per heavy atom. The SMILES string of the molecule is CC(C)Cc1ccc(C(C)c2nc3cc(OCc4ccc(C(F)(F)F)cc4)ccc3n2Cc2ccccc2C(F)(F)F)cc1. The summed E-state index contributed by atoms with van der Waals surface area (Å²) < 4.78 is 88.1. The predicted molar refractivity (Wildman–Crippen MR) is 159 cm³/mol. The van der Waals surface area contributed by atoms with Crippen LogP contribution in [0.15, 0.2) is 91.0 Å². The second-order valence-corrected chi connectivity index (χ2v) is 11.4. The summed E-state index contributed by atoms with van der Waals surface area (Å²) in [7, 11) is 0. The minimum absolute atomic E-state index is 0.0370. The van der Waals surface area contributed by atoms with Gasteiger partial charge in [0, 0.05) is 18.5 Å². The van der Waals surface area contributed by atoms with E-state index in [1.165, 1.54) is 29.8 Å². The van der Waals surface area contributed by atoms with Gasteiger partial charge in [-0.15, -0.1) is 0 Å². The van der Waals surface area contributed by atoms with Gasteiger partial charge in [0.15, 0.2) is 0 Å². The Labute approximate surface area is 252 Å². The lowest BCUT2D eigenvalue weighted by Crippen LogP contribution is -2.14. The van der Waals surface area contributed by atoms with Crippen LogP contribution in [0.3, 0.4) is 0 Å². The van der Waals surface area contributed by atoms with E-state index in [0.29, 0.717) is 34.1 Å². The van der Waals surface area contributed by atoms with Gasteiger partial charge in [0.2, 0.25) is 0 Å². The lowest BCUT2D eigenvalue weighted by atomic mass is 9.96. The van der Waals surface area contributed by atoms with Crippen molar-refractivity contribution in [1.29, 1.82) is 0 Å². The molecule has 0 aliphatic rings. The maximum absolute atomic E-state index is 13.9. The molecule has 4 aromatic carbocycles. The molecule has 5 rings (SSSR count). The van der Waals surface area contributed by atoms with Gasteiger partial charge in [-0.05, 0) is 64.9 Å². The van der Waals surface area contributed by atoms with Crippen molar-refractivity contribution in [2.75, 3.05) is 0 Å². The first-order valence-electron chi connectivity index (χ1n) is 14.3. The van der Waals surface area contributed by atoms with Crippen LogP contribution in [0.1, 0.15) is 65.9 Å². The van der Waals surface area contributed by atoms with E-state index in [9.17, 15) is 26.3 Å². The topological polar surface area (TPSA) is 27.1 Å². The summed E-state index contributed by atoms with van der Waals surface area (Å²) in [5.41, 5.74) is 2.62. The van der Waals surface area contributed by atoms with Crippen molar-refractivity contribution in [2.24, 2.45) is 5.92 Å². The molecule has 1 unspecified atom stereocenters. The number of imidazole rings is 1. The highest BCUT2D eigenvalue weighted by atomic mass is 19.4. The molecule has 1 atom stereocenters. The van der Waals surface area contributed by atoms with Crippen LogP contribution in [0.5, 0.6) is 5.75 Å². The van der Waals surface area contributed by atoms with Gasteiger partial charge in [0.1, 0.15) is 18.2 Å². The number of hydrogen-bond donors (Lipinski definition) is 0. The lowest BCUT2D eigenvalue weighted by molar-refractivity contribution is -0.138. The number of halogens is 6. The van der Waals surface area contributed by atoms with Gasteiger partial charge in [-0.2, -0.15) is 26.3 Å². The van der Waals surface area contributed by atoms with Crippen LogP contribution < -0.4 is 4.74 Å².